The molecule has 0 bridgehead atoms. The predicted molar refractivity (Wildman–Crippen MR) is 85.0 cm³/mol. The summed E-state index contributed by atoms with van der Waals surface area (Å²) in [5.41, 5.74) is 2.62. The van der Waals surface area contributed by atoms with E-state index in [9.17, 15) is 4.39 Å². The van der Waals surface area contributed by atoms with Crippen molar-refractivity contribution in [2.45, 2.75) is 34.6 Å². The molecule has 0 radical (unpaired) electrons. The van der Waals surface area contributed by atoms with Gasteiger partial charge in [0.15, 0.2) is 0 Å². The lowest BCUT2D eigenvalue weighted by atomic mass is 9.85. The first-order valence-corrected chi connectivity index (χ1v) is 7.08. The molecule has 20 heavy (non-hydrogen) atoms. The number of hydrogen-bond acceptors (Lipinski definition) is 0. The first kappa shape index (κ1) is 14.8. The Morgan fingerprint density at radius 1 is 0.900 bits per heavy atom. The van der Waals surface area contributed by atoms with Crippen LogP contribution in [0.3, 0.4) is 0 Å². The van der Waals surface area contributed by atoms with E-state index in [1.165, 1.54) is 5.57 Å². The normalized spacial score (nSPS) is 24.1. The molecular formula is C19H23F. The molecule has 2 aliphatic rings. The molecule has 0 spiro atoms. The van der Waals surface area contributed by atoms with Gasteiger partial charge in [0.1, 0.15) is 5.83 Å². The third-order valence-electron chi connectivity index (χ3n) is 3.51. The molecule has 0 fully saturated rings. The van der Waals surface area contributed by atoms with Gasteiger partial charge in [-0.2, -0.15) is 0 Å². The van der Waals surface area contributed by atoms with Crippen molar-refractivity contribution >= 4 is 0 Å². The molecule has 0 unspecified atom stereocenters. The van der Waals surface area contributed by atoms with Gasteiger partial charge < -0.3 is 0 Å². The highest BCUT2D eigenvalue weighted by Gasteiger charge is 2.22. The highest BCUT2D eigenvalue weighted by atomic mass is 19.1. The van der Waals surface area contributed by atoms with Crippen LogP contribution < -0.4 is 0 Å². The average Bonchev–Trinajstić information content (AvgIpc) is 2.51. The summed E-state index contributed by atoms with van der Waals surface area (Å²) in [7, 11) is 0. The summed E-state index contributed by atoms with van der Waals surface area (Å²) >= 11 is 0. The Labute approximate surface area is 121 Å². The van der Waals surface area contributed by atoms with Crippen LogP contribution in [0.1, 0.15) is 34.6 Å². The summed E-state index contributed by atoms with van der Waals surface area (Å²) in [6.45, 7) is 10.5. The molecule has 1 heteroatoms. The molecule has 0 amide bonds. The van der Waals surface area contributed by atoms with Gasteiger partial charge in [0.05, 0.1) is 0 Å². The molecule has 0 aromatic rings. The van der Waals surface area contributed by atoms with E-state index in [1.54, 1.807) is 12.2 Å². The number of halogens is 1. The van der Waals surface area contributed by atoms with Crippen LogP contribution in [0.25, 0.3) is 0 Å². The smallest absolute Gasteiger partial charge is 0.130 e. The van der Waals surface area contributed by atoms with E-state index in [0.717, 1.165) is 5.57 Å². The maximum absolute atomic E-state index is 14.4. The van der Waals surface area contributed by atoms with Crippen LogP contribution >= 0.6 is 0 Å². The summed E-state index contributed by atoms with van der Waals surface area (Å²) in [4.78, 5) is 0. The van der Waals surface area contributed by atoms with Gasteiger partial charge in [-0.15, -0.1) is 0 Å². The predicted octanol–water partition coefficient (Wildman–Crippen LogP) is 5.83. The molecule has 0 aliphatic heterocycles. The molecule has 106 valence electrons. The summed E-state index contributed by atoms with van der Waals surface area (Å²) in [6.07, 6.45) is 15.8. The van der Waals surface area contributed by atoms with E-state index < -0.39 is 0 Å². The molecule has 0 aromatic carbocycles. The Bertz CT molecular complexity index is 587. The lowest BCUT2D eigenvalue weighted by Gasteiger charge is -2.19. The van der Waals surface area contributed by atoms with Gasteiger partial charge in [-0.1, -0.05) is 75.8 Å². The Balaban J connectivity index is 2.53. The first-order valence-electron chi connectivity index (χ1n) is 7.08. The minimum absolute atomic E-state index is 0.0755. The number of rotatable bonds is 1. The molecule has 0 aromatic heterocycles. The second-order valence-electron chi connectivity index (χ2n) is 6.90. The lowest BCUT2D eigenvalue weighted by molar-refractivity contribution is 0.604. The third-order valence-corrected chi connectivity index (χ3v) is 3.51. The number of allylic oxidation sites excluding steroid dienone is 12. The molecule has 0 nitrogen and oxygen atoms in total. The monoisotopic (exact) mass is 270 g/mol. The standard InChI is InChI=1S/C19H23F/c1-14-8-9-15(12-19(4,5)11-14)16-13-18(2,3)10-6-7-17(16)20/h6-13H,1-5H3. The van der Waals surface area contributed by atoms with Gasteiger partial charge >= 0.3 is 0 Å². The van der Waals surface area contributed by atoms with Gasteiger partial charge in [0.25, 0.3) is 0 Å². The Morgan fingerprint density at radius 3 is 2.30 bits per heavy atom. The van der Waals surface area contributed by atoms with E-state index >= 15 is 0 Å². The van der Waals surface area contributed by atoms with Crippen LogP contribution in [0, 0.1) is 10.8 Å². The van der Waals surface area contributed by atoms with E-state index in [2.05, 4.69) is 52.8 Å². The minimum Gasteiger partial charge on any atom is -0.206 e. The zero-order chi connectivity index (χ0) is 15.0. The fraction of sp³-hybridized carbons (Fsp3) is 0.368. The Kier molecular flexibility index (Phi) is 3.73. The van der Waals surface area contributed by atoms with Crippen molar-refractivity contribution in [3.63, 3.8) is 0 Å². The second kappa shape index (κ2) is 5.05. The molecule has 0 N–H and O–H groups in total. The van der Waals surface area contributed by atoms with Crippen molar-refractivity contribution in [2.75, 3.05) is 0 Å². The Morgan fingerprint density at radius 2 is 1.60 bits per heavy atom. The summed E-state index contributed by atoms with van der Waals surface area (Å²) in [5, 5.41) is 0. The molecule has 0 saturated carbocycles. The zero-order valence-electron chi connectivity index (χ0n) is 13.0. The van der Waals surface area contributed by atoms with Crippen molar-refractivity contribution in [1.29, 1.82) is 0 Å². The third kappa shape index (κ3) is 3.47. The first-order chi connectivity index (χ1) is 9.19. The fourth-order valence-electron chi connectivity index (χ4n) is 2.69. The summed E-state index contributed by atoms with van der Waals surface area (Å²) in [5.74, 6) is -0.168. The van der Waals surface area contributed by atoms with Gasteiger partial charge in [-0.3, -0.25) is 0 Å². The molecule has 2 rings (SSSR count). The molecule has 0 heterocycles. The summed E-state index contributed by atoms with van der Waals surface area (Å²) in [6, 6.07) is 0. The minimum atomic E-state index is -0.168. The van der Waals surface area contributed by atoms with E-state index in [4.69, 9.17) is 0 Å². The highest BCUT2D eigenvalue weighted by Crippen LogP contribution is 2.36. The van der Waals surface area contributed by atoms with Gasteiger partial charge in [0.2, 0.25) is 0 Å². The van der Waals surface area contributed by atoms with Gasteiger partial charge in [-0.25, -0.2) is 4.39 Å². The topological polar surface area (TPSA) is 0 Å². The van der Waals surface area contributed by atoms with Crippen LogP contribution in [0.2, 0.25) is 0 Å². The number of hydrogen-bond donors (Lipinski definition) is 0. The van der Waals surface area contributed by atoms with Crippen LogP contribution in [0.4, 0.5) is 4.39 Å². The molecular weight excluding hydrogens is 247 g/mol. The Hall–Kier alpha value is -1.63. The average molecular weight is 270 g/mol. The van der Waals surface area contributed by atoms with Crippen LogP contribution in [0.15, 0.2) is 71.2 Å². The maximum Gasteiger partial charge on any atom is 0.130 e. The molecule has 0 saturated heterocycles. The maximum atomic E-state index is 14.4. The van der Waals surface area contributed by atoms with E-state index in [-0.39, 0.29) is 16.7 Å². The molecule has 2 aliphatic carbocycles. The van der Waals surface area contributed by atoms with E-state index in [0.29, 0.717) is 5.57 Å². The van der Waals surface area contributed by atoms with Crippen LogP contribution in [-0.4, -0.2) is 0 Å². The quantitative estimate of drug-likeness (QED) is 0.562. The van der Waals surface area contributed by atoms with Gasteiger partial charge in [-0.05, 0) is 18.6 Å². The SMILES string of the molecule is CC1=CC(C)(C)C=C(C2=CC(C)(C)C=CC=C2F)C=C1. The van der Waals surface area contributed by atoms with Crippen molar-refractivity contribution in [2.24, 2.45) is 10.8 Å². The zero-order valence-corrected chi connectivity index (χ0v) is 13.0. The molecule has 0 atom stereocenters. The largest absolute Gasteiger partial charge is 0.206 e. The summed E-state index contributed by atoms with van der Waals surface area (Å²) < 4.78 is 14.4. The van der Waals surface area contributed by atoms with Crippen molar-refractivity contribution in [3.8, 4) is 0 Å². The highest BCUT2D eigenvalue weighted by molar-refractivity contribution is 5.55. The van der Waals surface area contributed by atoms with Gasteiger partial charge in [0, 0.05) is 16.4 Å². The van der Waals surface area contributed by atoms with Crippen LogP contribution in [-0.2, 0) is 0 Å². The van der Waals surface area contributed by atoms with Crippen LogP contribution in [0.5, 0.6) is 0 Å². The van der Waals surface area contributed by atoms with E-state index in [1.807, 2.05) is 18.2 Å². The van der Waals surface area contributed by atoms with Crippen molar-refractivity contribution in [3.05, 3.63) is 71.2 Å². The fourth-order valence-corrected chi connectivity index (χ4v) is 2.69. The van der Waals surface area contributed by atoms with Crippen molar-refractivity contribution < 1.29 is 4.39 Å². The second-order valence-corrected chi connectivity index (χ2v) is 6.90. The lowest BCUT2D eigenvalue weighted by Crippen LogP contribution is -2.07. The van der Waals surface area contributed by atoms with Crippen molar-refractivity contribution in [1.82, 2.24) is 0 Å².